The average Bonchev–Trinajstić information content (AvgIpc) is 2.63. The van der Waals surface area contributed by atoms with E-state index in [0.29, 0.717) is 21.7 Å². The van der Waals surface area contributed by atoms with Gasteiger partial charge in [-0.05, 0) is 35.7 Å². The molecule has 24 heavy (non-hydrogen) atoms. The van der Waals surface area contributed by atoms with E-state index in [0.717, 1.165) is 11.1 Å². The molecular formula is C21H15ClO2. The van der Waals surface area contributed by atoms with Crippen LogP contribution >= 0.6 is 11.6 Å². The van der Waals surface area contributed by atoms with Crippen molar-refractivity contribution < 1.29 is 9.59 Å². The zero-order valence-corrected chi connectivity index (χ0v) is 13.9. The highest BCUT2D eigenvalue weighted by molar-refractivity contribution is 6.50. The van der Waals surface area contributed by atoms with Crippen LogP contribution < -0.4 is 0 Å². The molecule has 2 nitrogen and oxygen atoms in total. The summed E-state index contributed by atoms with van der Waals surface area (Å²) in [6.07, 6.45) is 0. The van der Waals surface area contributed by atoms with Crippen LogP contribution in [0.5, 0.6) is 0 Å². The summed E-state index contributed by atoms with van der Waals surface area (Å²) in [5, 5.41) is 0.590. The monoisotopic (exact) mass is 334 g/mol. The summed E-state index contributed by atoms with van der Waals surface area (Å²) in [5.41, 5.74) is 3.34. The molecule has 0 aromatic heterocycles. The first kappa shape index (κ1) is 16.2. The number of halogens is 1. The molecule has 0 aliphatic rings. The largest absolute Gasteiger partial charge is 0.285 e. The minimum absolute atomic E-state index is 0.386. The van der Waals surface area contributed by atoms with Crippen molar-refractivity contribution in [1.29, 1.82) is 0 Å². The van der Waals surface area contributed by atoms with Crippen molar-refractivity contribution >= 4 is 23.2 Å². The number of aryl methyl sites for hydroxylation is 1. The summed E-state index contributed by atoms with van der Waals surface area (Å²) in [7, 11) is 0. The summed E-state index contributed by atoms with van der Waals surface area (Å²) < 4.78 is 0. The second-order valence-electron chi connectivity index (χ2n) is 5.53. The Morgan fingerprint density at radius 3 is 2.17 bits per heavy atom. The number of hydrogen-bond donors (Lipinski definition) is 0. The molecule has 0 heterocycles. The smallest absolute Gasteiger partial charge is 0.234 e. The van der Waals surface area contributed by atoms with E-state index >= 15 is 0 Å². The van der Waals surface area contributed by atoms with Gasteiger partial charge in [0.25, 0.3) is 0 Å². The molecule has 0 amide bonds. The Labute approximate surface area is 145 Å². The van der Waals surface area contributed by atoms with E-state index in [4.69, 9.17) is 11.6 Å². The fraction of sp³-hybridized carbons (Fsp3) is 0.0476. The maximum absolute atomic E-state index is 12.8. The molecule has 0 fully saturated rings. The Morgan fingerprint density at radius 1 is 0.750 bits per heavy atom. The van der Waals surface area contributed by atoms with Gasteiger partial charge in [0.15, 0.2) is 0 Å². The molecule has 3 aromatic carbocycles. The second-order valence-corrected chi connectivity index (χ2v) is 5.97. The van der Waals surface area contributed by atoms with E-state index in [1.165, 1.54) is 0 Å². The van der Waals surface area contributed by atoms with E-state index in [1.54, 1.807) is 42.5 Å². The van der Waals surface area contributed by atoms with Gasteiger partial charge in [-0.15, -0.1) is 0 Å². The lowest BCUT2D eigenvalue weighted by atomic mass is 9.91. The van der Waals surface area contributed by atoms with Gasteiger partial charge >= 0.3 is 0 Å². The van der Waals surface area contributed by atoms with Gasteiger partial charge in [0, 0.05) is 16.1 Å². The average molecular weight is 335 g/mol. The first-order valence-electron chi connectivity index (χ1n) is 7.57. The molecule has 0 saturated heterocycles. The van der Waals surface area contributed by atoms with Gasteiger partial charge in [-0.3, -0.25) is 9.59 Å². The second kappa shape index (κ2) is 6.81. The molecule has 0 N–H and O–H groups in total. The van der Waals surface area contributed by atoms with Gasteiger partial charge in [-0.25, -0.2) is 0 Å². The molecule has 0 aliphatic heterocycles. The molecule has 3 rings (SSSR count). The van der Waals surface area contributed by atoms with Crippen LogP contribution in [0.2, 0.25) is 5.02 Å². The van der Waals surface area contributed by atoms with Crippen molar-refractivity contribution in [1.82, 2.24) is 0 Å². The normalized spacial score (nSPS) is 10.4. The standard InChI is InChI=1S/C21H15ClO2/c1-14-11-12-16(22)13-19(14)17-9-5-6-10-18(17)21(24)20(23)15-7-3-2-4-8-15/h2-13H,1H3. The SMILES string of the molecule is Cc1ccc(Cl)cc1-c1ccccc1C(=O)C(=O)c1ccccc1. The Hall–Kier alpha value is -2.71. The Kier molecular flexibility index (Phi) is 4.59. The van der Waals surface area contributed by atoms with Crippen LogP contribution in [0.4, 0.5) is 0 Å². The summed E-state index contributed by atoms with van der Waals surface area (Å²) >= 11 is 6.11. The molecule has 3 aromatic rings. The number of Topliss-reactive ketones (excluding diaryl/α,β-unsaturated/α-hetero) is 2. The zero-order valence-electron chi connectivity index (χ0n) is 13.1. The first-order chi connectivity index (χ1) is 11.6. The lowest BCUT2D eigenvalue weighted by Crippen LogP contribution is -2.15. The fourth-order valence-electron chi connectivity index (χ4n) is 2.64. The third-order valence-corrected chi connectivity index (χ3v) is 4.14. The van der Waals surface area contributed by atoms with E-state index in [9.17, 15) is 9.59 Å². The van der Waals surface area contributed by atoms with Crippen molar-refractivity contribution in [3.05, 3.63) is 94.5 Å². The van der Waals surface area contributed by atoms with Gasteiger partial charge in [-0.1, -0.05) is 72.3 Å². The maximum Gasteiger partial charge on any atom is 0.234 e. The van der Waals surface area contributed by atoms with Crippen LogP contribution in [0, 0.1) is 6.92 Å². The molecule has 3 heteroatoms. The van der Waals surface area contributed by atoms with Crippen molar-refractivity contribution in [2.24, 2.45) is 0 Å². The Bertz CT molecular complexity index is 914. The molecule has 0 bridgehead atoms. The fourth-order valence-corrected chi connectivity index (χ4v) is 2.82. The maximum atomic E-state index is 12.8. The van der Waals surface area contributed by atoms with Crippen LogP contribution in [0.1, 0.15) is 26.3 Å². The lowest BCUT2D eigenvalue weighted by Gasteiger charge is -2.11. The molecule has 118 valence electrons. The molecule has 0 atom stereocenters. The Balaban J connectivity index is 2.08. The van der Waals surface area contributed by atoms with Gasteiger partial charge < -0.3 is 0 Å². The zero-order chi connectivity index (χ0) is 17.1. The van der Waals surface area contributed by atoms with E-state index < -0.39 is 11.6 Å². The van der Waals surface area contributed by atoms with Crippen molar-refractivity contribution in [2.75, 3.05) is 0 Å². The number of carbonyl (C=O) groups is 2. The molecule has 0 saturated carbocycles. The molecule has 0 radical (unpaired) electrons. The summed E-state index contributed by atoms with van der Waals surface area (Å²) in [5.74, 6) is -1.03. The molecular weight excluding hydrogens is 320 g/mol. The molecule has 0 aliphatic carbocycles. The molecule has 0 spiro atoms. The van der Waals surface area contributed by atoms with Crippen molar-refractivity contribution in [2.45, 2.75) is 6.92 Å². The summed E-state index contributed by atoms with van der Waals surface area (Å²) in [6.45, 7) is 1.95. The predicted molar refractivity (Wildman–Crippen MR) is 96.7 cm³/mol. The number of carbonyl (C=O) groups excluding carboxylic acids is 2. The van der Waals surface area contributed by atoms with Crippen LogP contribution in [-0.4, -0.2) is 11.6 Å². The highest BCUT2D eigenvalue weighted by Gasteiger charge is 2.21. The van der Waals surface area contributed by atoms with Crippen LogP contribution in [0.3, 0.4) is 0 Å². The predicted octanol–water partition coefficient (Wildman–Crippen LogP) is 5.38. The highest BCUT2D eigenvalue weighted by Crippen LogP contribution is 2.30. The quantitative estimate of drug-likeness (QED) is 0.474. The Morgan fingerprint density at radius 2 is 1.42 bits per heavy atom. The number of benzene rings is 3. The van der Waals surface area contributed by atoms with Gasteiger partial charge in [0.1, 0.15) is 0 Å². The minimum atomic E-state index is -0.517. The van der Waals surface area contributed by atoms with Crippen LogP contribution in [0.25, 0.3) is 11.1 Å². The van der Waals surface area contributed by atoms with Crippen LogP contribution in [0.15, 0.2) is 72.8 Å². The minimum Gasteiger partial charge on any atom is -0.285 e. The highest BCUT2D eigenvalue weighted by atomic mass is 35.5. The summed E-state index contributed by atoms with van der Waals surface area (Å²) in [4.78, 5) is 25.3. The van der Waals surface area contributed by atoms with Crippen molar-refractivity contribution in [3.63, 3.8) is 0 Å². The third-order valence-electron chi connectivity index (χ3n) is 3.90. The topological polar surface area (TPSA) is 34.1 Å². The van der Waals surface area contributed by atoms with Gasteiger partial charge in [-0.2, -0.15) is 0 Å². The molecule has 0 unspecified atom stereocenters. The number of ketones is 2. The number of hydrogen-bond acceptors (Lipinski definition) is 2. The van der Waals surface area contributed by atoms with Gasteiger partial charge in [0.05, 0.1) is 0 Å². The van der Waals surface area contributed by atoms with E-state index in [-0.39, 0.29) is 0 Å². The third kappa shape index (κ3) is 3.15. The summed E-state index contributed by atoms with van der Waals surface area (Å²) in [6, 6.07) is 21.2. The van der Waals surface area contributed by atoms with Gasteiger partial charge in [0.2, 0.25) is 11.6 Å². The van der Waals surface area contributed by atoms with Crippen LogP contribution in [-0.2, 0) is 0 Å². The van der Waals surface area contributed by atoms with Crippen molar-refractivity contribution in [3.8, 4) is 11.1 Å². The lowest BCUT2D eigenvalue weighted by molar-refractivity contribution is 0.0817. The number of rotatable bonds is 4. The first-order valence-corrected chi connectivity index (χ1v) is 7.95. The van der Waals surface area contributed by atoms with E-state index in [1.807, 2.05) is 37.3 Å². The van der Waals surface area contributed by atoms with E-state index in [2.05, 4.69) is 0 Å².